The van der Waals surface area contributed by atoms with Crippen LogP contribution in [-0.4, -0.2) is 65.9 Å². The number of aromatic nitrogens is 1. The van der Waals surface area contributed by atoms with Gasteiger partial charge in [0.25, 0.3) is 11.8 Å². The molecule has 0 aliphatic carbocycles. The van der Waals surface area contributed by atoms with Crippen molar-refractivity contribution in [2.45, 2.75) is 26.7 Å². The van der Waals surface area contributed by atoms with Crippen molar-refractivity contribution in [2.75, 3.05) is 44.2 Å². The molecule has 0 aromatic carbocycles. The SMILES string of the molecule is CCCN(CCC)c1ccc(C(=O)N2CCN(C(=O)c3ccco3)CC2)cn1. The van der Waals surface area contributed by atoms with Crippen LogP contribution in [0, 0.1) is 0 Å². The highest BCUT2D eigenvalue weighted by molar-refractivity contribution is 5.95. The number of piperazine rings is 1. The van der Waals surface area contributed by atoms with E-state index in [4.69, 9.17) is 4.42 Å². The van der Waals surface area contributed by atoms with Gasteiger partial charge in [-0.1, -0.05) is 13.8 Å². The quantitative estimate of drug-likeness (QED) is 0.734. The highest BCUT2D eigenvalue weighted by atomic mass is 16.3. The molecule has 3 heterocycles. The number of nitrogens with zero attached hydrogens (tertiary/aromatic N) is 4. The standard InChI is InChI=1S/C21H28N4O3/c1-3-9-23(10-4-2)19-8-7-17(16-22-19)20(26)24-11-13-25(14-12-24)21(27)18-6-5-15-28-18/h5-8,15-16H,3-4,9-14H2,1-2H3. The number of anilines is 1. The number of hydrogen-bond acceptors (Lipinski definition) is 5. The van der Waals surface area contributed by atoms with E-state index < -0.39 is 0 Å². The first-order chi connectivity index (χ1) is 13.6. The van der Waals surface area contributed by atoms with Crippen molar-refractivity contribution in [3.8, 4) is 0 Å². The molecule has 0 radical (unpaired) electrons. The summed E-state index contributed by atoms with van der Waals surface area (Å²) in [5.74, 6) is 1.08. The van der Waals surface area contributed by atoms with Gasteiger partial charge >= 0.3 is 0 Å². The van der Waals surface area contributed by atoms with Crippen molar-refractivity contribution in [3.63, 3.8) is 0 Å². The molecule has 2 aromatic rings. The van der Waals surface area contributed by atoms with Crippen LogP contribution in [0.25, 0.3) is 0 Å². The second-order valence-corrected chi connectivity index (χ2v) is 6.95. The van der Waals surface area contributed by atoms with Gasteiger partial charge in [0.1, 0.15) is 5.82 Å². The first-order valence-electron chi connectivity index (χ1n) is 9.97. The number of furan rings is 1. The van der Waals surface area contributed by atoms with Gasteiger partial charge in [-0.2, -0.15) is 0 Å². The van der Waals surface area contributed by atoms with Crippen molar-refractivity contribution in [1.82, 2.24) is 14.8 Å². The molecule has 0 N–H and O–H groups in total. The molecule has 0 bridgehead atoms. The van der Waals surface area contributed by atoms with E-state index in [1.165, 1.54) is 6.26 Å². The molecule has 0 atom stereocenters. The zero-order chi connectivity index (χ0) is 19.9. The third-order valence-corrected chi connectivity index (χ3v) is 4.89. The number of rotatable bonds is 7. The summed E-state index contributed by atoms with van der Waals surface area (Å²) in [5, 5.41) is 0. The lowest BCUT2D eigenvalue weighted by molar-refractivity contribution is 0.0518. The maximum atomic E-state index is 12.8. The molecule has 1 aliphatic rings. The summed E-state index contributed by atoms with van der Waals surface area (Å²) in [5.41, 5.74) is 0.586. The molecular formula is C21H28N4O3. The fourth-order valence-electron chi connectivity index (χ4n) is 3.43. The summed E-state index contributed by atoms with van der Waals surface area (Å²) >= 11 is 0. The first-order valence-corrected chi connectivity index (χ1v) is 9.97. The van der Waals surface area contributed by atoms with Gasteiger partial charge in [-0.05, 0) is 37.1 Å². The summed E-state index contributed by atoms with van der Waals surface area (Å²) in [4.78, 5) is 35.4. The summed E-state index contributed by atoms with van der Waals surface area (Å²) in [7, 11) is 0. The predicted molar refractivity (Wildman–Crippen MR) is 108 cm³/mol. The zero-order valence-electron chi connectivity index (χ0n) is 16.6. The van der Waals surface area contributed by atoms with E-state index in [9.17, 15) is 9.59 Å². The van der Waals surface area contributed by atoms with Gasteiger partial charge in [0.15, 0.2) is 5.76 Å². The molecule has 3 rings (SSSR count). The smallest absolute Gasteiger partial charge is 0.289 e. The van der Waals surface area contributed by atoms with Crippen LogP contribution in [0.2, 0.25) is 0 Å². The van der Waals surface area contributed by atoms with Crippen LogP contribution in [0.3, 0.4) is 0 Å². The Balaban J connectivity index is 1.58. The Bertz CT molecular complexity index is 759. The van der Waals surface area contributed by atoms with Crippen molar-refractivity contribution < 1.29 is 14.0 Å². The Kier molecular flexibility index (Phi) is 6.68. The lowest BCUT2D eigenvalue weighted by Gasteiger charge is -2.34. The van der Waals surface area contributed by atoms with Crippen LogP contribution >= 0.6 is 0 Å². The van der Waals surface area contributed by atoms with Crippen LogP contribution in [0.5, 0.6) is 0 Å². The minimum atomic E-state index is -0.130. The van der Waals surface area contributed by atoms with Gasteiger partial charge in [-0.15, -0.1) is 0 Å². The molecule has 7 nitrogen and oxygen atoms in total. The van der Waals surface area contributed by atoms with E-state index in [0.717, 1.165) is 31.7 Å². The maximum Gasteiger partial charge on any atom is 0.289 e. The number of hydrogen-bond donors (Lipinski definition) is 0. The molecule has 0 unspecified atom stereocenters. The molecule has 0 saturated carbocycles. The zero-order valence-corrected chi connectivity index (χ0v) is 16.6. The van der Waals surface area contributed by atoms with Crippen LogP contribution in [0.1, 0.15) is 47.6 Å². The Hall–Kier alpha value is -2.83. The molecule has 2 amide bonds. The van der Waals surface area contributed by atoms with E-state index in [-0.39, 0.29) is 11.8 Å². The molecule has 0 spiro atoms. The Morgan fingerprint density at radius 3 is 2.14 bits per heavy atom. The van der Waals surface area contributed by atoms with Crippen LogP contribution in [0.15, 0.2) is 41.1 Å². The maximum absolute atomic E-state index is 12.8. The van der Waals surface area contributed by atoms with Gasteiger partial charge < -0.3 is 19.1 Å². The van der Waals surface area contributed by atoms with Crippen molar-refractivity contribution in [3.05, 3.63) is 48.0 Å². The summed E-state index contributed by atoms with van der Waals surface area (Å²) in [6.45, 7) is 8.22. The Morgan fingerprint density at radius 1 is 1.00 bits per heavy atom. The fraction of sp³-hybridized carbons (Fsp3) is 0.476. The summed E-state index contributed by atoms with van der Waals surface area (Å²) in [6.07, 6.45) is 5.27. The lowest BCUT2D eigenvalue weighted by Crippen LogP contribution is -2.50. The van der Waals surface area contributed by atoms with Crippen LogP contribution < -0.4 is 4.90 Å². The monoisotopic (exact) mass is 384 g/mol. The Morgan fingerprint density at radius 2 is 1.64 bits per heavy atom. The van der Waals surface area contributed by atoms with Crippen LogP contribution in [-0.2, 0) is 0 Å². The number of carbonyl (C=O) groups excluding carboxylic acids is 2. The average molecular weight is 384 g/mol. The largest absolute Gasteiger partial charge is 0.459 e. The van der Waals surface area contributed by atoms with E-state index >= 15 is 0 Å². The topological polar surface area (TPSA) is 69.9 Å². The molecule has 150 valence electrons. The normalized spacial score (nSPS) is 14.2. The van der Waals surface area contributed by atoms with E-state index in [0.29, 0.717) is 37.5 Å². The van der Waals surface area contributed by atoms with Crippen LogP contribution in [0.4, 0.5) is 5.82 Å². The second kappa shape index (κ2) is 9.39. The highest BCUT2D eigenvalue weighted by Crippen LogP contribution is 2.15. The first kappa shape index (κ1) is 19.9. The number of amides is 2. The molecule has 7 heteroatoms. The summed E-state index contributed by atoms with van der Waals surface area (Å²) in [6, 6.07) is 7.14. The number of carbonyl (C=O) groups is 2. The highest BCUT2D eigenvalue weighted by Gasteiger charge is 2.26. The third-order valence-electron chi connectivity index (χ3n) is 4.89. The average Bonchev–Trinajstić information content (AvgIpc) is 3.28. The Labute approximate surface area is 165 Å². The summed E-state index contributed by atoms with van der Waals surface area (Å²) < 4.78 is 5.17. The van der Waals surface area contributed by atoms with E-state index in [1.54, 1.807) is 28.1 Å². The van der Waals surface area contributed by atoms with Gasteiger partial charge in [-0.25, -0.2) is 4.98 Å². The van der Waals surface area contributed by atoms with Gasteiger partial charge in [0.2, 0.25) is 0 Å². The van der Waals surface area contributed by atoms with E-state index in [1.807, 2.05) is 12.1 Å². The fourth-order valence-corrected chi connectivity index (χ4v) is 3.43. The number of pyridine rings is 1. The third kappa shape index (κ3) is 4.52. The minimum absolute atomic E-state index is 0.0401. The minimum Gasteiger partial charge on any atom is -0.459 e. The predicted octanol–water partition coefficient (Wildman–Crippen LogP) is 2.90. The lowest BCUT2D eigenvalue weighted by atomic mass is 10.2. The molecule has 1 saturated heterocycles. The van der Waals surface area contributed by atoms with Crippen molar-refractivity contribution >= 4 is 17.6 Å². The van der Waals surface area contributed by atoms with Crippen molar-refractivity contribution in [2.24, 2.45) is 0 Å². The molecule has 2 aromatic heterocycles. The molecular weight excluding hydrogens is 356 g/mol. The van der Waals surface area contributed by atoms with E-state index in [2.05, 4.69) is 23.7 Å². The van der Waals surface area contributed by atoms with Gasteiger partial charge in [0, 0.05) is 45.5 Å². The van der Waals surface area contributed by atoms with Gasteiger partial charge in [0.05, 0.1) is 11.8 Å². The molecule has 28 heavy (non-hydrogen) atoms. The second-order valence-electron chi connectivity index (χ2n) is 6.95. The van der Waals surface area contributed by atoms with Gasteiger partial charge in [-0.3, -0.25) is 9.59 Å². The molecule has 1 fully saturated rings. The molecule has 1 aliphatic heterocycles. The van der Waals surface area contributed by atoms with Crippen molar-refractivity contribution in [1.29, 1.82) is 0 Å².